The lowest BCUT2D eigenvalue weighted by atomic mass is 9.81. The summed E-state index contributed by atoms with van der Waals surface area (Å²) < 4.78 is 6.13. The number of rotatable bonds is 2. The number of likely N-dealkylation sites (tertiary alicyclic amines) is 1. The third-order valence-corrected chi connectivity index (χ3v) is 3.93. The molecule has 0 radical (unpaired) electrons. The van der Waals surface area contributed by atoms with Crippen LogP contribution in [0.5, 0.6) is 0 Å². The van der Waals surface area contributed by atoms with Crippen molar-refractivity contribution in [3.63, 3.8) is 0 Å². The standard InChI is InChI=1S/C12H24N2O/c1-3-4-11-12(15-10-7-13-11)5-8-14(2)9-6-12/h11,13H,3-10H2,1-2H3. The van der Waals surface area contributed by atoms with Gasteiger partial charge in [0.05, 0.1) is 12.2 Å². The van der Waals surface area contributed by atoms with E-state index in [1.165, 1.54) is 38.8 Å². The minimum absolute atomic E-state index is 0.154. The Labute approximate surface area is 93.2 Å². The molecule has 1 spiro atoms. The molecule has 2 fully saturated rings. The molecule has 1 unspecified atom stereocenters. The molecule has 2 aliphatic rings. The molecule has 0 amide bonds. The molecule has 88 valence electrons. The first-order chi connectivity index (χ1) is 7.27. The van der Waals surface area contributed by atoms with Crippen molar-refractivity contribution in [3.05, 3.63) is 0 Å². The van der Waals surface area contributed by atoms with Crippen LogP contribution in [-0.2, 0) is 4.74 Å². The predicted octanol–water partition coefficient (Wildman–Crippen LogP) is 1.24. The maximum Gasteiger partial charge on any atom is 0.0859 e. The first-order valence-electron chi connectivity index (χ1n) is 6.33. The molecule has 15 heavy (non-hydrogen) atoms. The van der Waals surface area contributed by atoms with Gasteiger partial charge in [0.25, 0.3) is 0 Å². The Hall–Kier alpha value is -0.120. The summed E-state index contributed by atoms with van der Waals surface area (Å²) in [5.41, 5.74) is 0.154. The summed E-state index contributed by atoms with van der Waals surface area (Å²) in [4.78, 5) is 2.41. The smallest absolute Gasteiger partial charge is 0.0859 e. The van der Waals surface area contributed by atoms with Crippen molar-refractivity contribution in [2.45, 2.75) is 44.2 Å². The van der Waals surface area contributed by atoms with Crippen molar-refractivity contribution in [2.24, 2.45) is 0 Å². The van der Waals surface area contributed by atoms with Gasteiger partial charge in [-0.05, 0) is 26.3 Å². The van der Waals surface area contributed by atoms with Gasteiger partial charge in [-0.25, -0.2) is 0 Å². The third-order valence-electron chi connectivity index (χ3n) is 3.93. The minimum Gasteiger partial charge on any atom is -0.372 e. The van der Waals surface area contributed by atoms with E-state index in [2.05, 4.69) is 24.2 Å². The molecule has 2 aliphatic heterocycles. The zero-order chi connectivity index (χ0) is 10.7. The zero-order valence-corrected chi connectivity index (χ0v) is 10.1. The lowest BCUT2D eigenvalue weighted by Crippen LogP contribution is -2.61. The molecule has 2 rings (SSSR count). The van der Waals surface area contributed by atoms with Crippen molar-refractivity contribution in [3.8, 4) is 0 Å². The Morgan fingerprint density at radius 3 is 2.80 bits per heavy atom. The average Bonchev–Trinajstić information content (AvgIpc) is 2.26. The van der Waals surface area contributed by atoms with Crippen LogP contribution in [0.2, 0.25) is 0 Å². The van der Waals surface area contributed by atoms with Crippen LogP contribution in [0, 0.1) is 0 Å². The number of hydrogen-bond acceptors (Lipinski definition) is 3. The predicted molar refractivity (Wildman–Crippen MR) is 62.1 cm³/mol. The second-order valence-corrected chi connectivity index (χ2v) is 5.01. The molecule has 3 nitrogen and oxygen atoms in total. The normalized spacial score (nSPS) is 32.0. The van der Waals surface area contributed by atoms with Gasteiger partial charge in [0, 0.05) is 25.7 Å². The summed E-state index contributed by atoms with van der Waals surface area (Å²) in [5, 5.41) is 3.65. The van der Waals surface area contributed by atoms with Gasteiger partial charge in [0.1, 0.15) is 0 Å². The van der Waals surface area contributed by atoms with Crippen molar-refractivity contribution < 1.29 is 4.74 Å². The molecule has 1 N–H and O–H groups in total. The van der Waals surface area contributed by atoms with Gasteiger partial charge in [-0.1, -0.05) is 13.3 Å². The van der Waals surface area contributed by atoms with Crippen LogP contribution in [-0.4, -0.2) is 49.8 Å². The van der Waals surface area contributed by atoms with E-state index >= 15 is 0 Å². The van der Waals surface area contributed by atoms with Gasteiger partial charge in [-0.2, -0.15) is 0 Å². The fourth-order valence-corrected chi connectivity index (χ4v) is 2.92. The fourth-order valence-electron chi connectivity index (χ4n) is 2.92. The SMILES string of the molecule is CCCC1NCCOC12CCN(C)CC2. The van der Waals surface area contributed by atoms with E-state index in [9.17, 15) is 0 Å². The van der Waals surface area contributed by atoms with Gasteiger partial charge in [0.15, 0.2) is 0 Å². The van der Waals surface area contributed by atoms with E-state index in [4.69, 9.17) is 4.74 Å². The van der Waals surface area contributed by atoms with Gasteiger partial charge >= 0.3 is 0 Å². The van der Waals surface area contributed by atoms with Crippen molar-refractivity contribution in [2.75, 3.05) is 33.3 Å². The van der Waals surface area contributed by atoms with Crippen molar-refractivity contribution in [1.29, 1.82) is 0 Å². The maximum atomic E-state index is 6.13. The van der Waals surface area contributed by atoms with Gasteiger partial charge in [-0.3, -0.25) is 0 Å². The van der Waals surface area contributed by atoms with Crippen LogP contribution in [0.15, 0.2) is 0 Å². The van der Waals surface area contributed by atoms with Crippen LogP contribution in [0.1, 0.15) is 32.6 Å². The van der Waals surface area contributed by atoms with Crippen LogP contribution < -0.4 is 5.32 Å². The van der Waals surface area contributed by atoms with Crippen LogP contribution in [0.3, 0.4) is 0 Å². The van der Waals surface area contributed by atoms with E-state index in [0.29, 0.717) is 6.04 Å². The first-order valence-corrected chi connectivity index (χ1v) is 6.33. The van der Waals surface area contributed by atoms with E-state index in [0.717, 1.165) is 13.2 Å². The second-order valence-electron chi connectivity index (χ2n) is 5.01. The monoisotopic (exact) mass is 212 g/mol. The summed E-state index contributed by atoms with van der Waals surface area (Å²) in [6.45, 7) is 6.55. The summed E-state index contributed by atoms with van der Waals surface area (Å²) in [5.74, 6) is 0. The third kappa shape index (κ3) is 2.35. The molecular formula is C12H24N2O. The van der Waals surface area contributed by atoms with Crippen LogP contribution in [0.4, 0.5) is 0 Å². The van der Waals surface area contributed by atoms with Crippen molar-refractivity contribution in [1.82, 2.24) is 10.2 Å². The lowest BCUT2D eigenvalue weighted by molar-refractivity contribution is -0.127. The minimum atomic E-state index is 0.154. The Bertz CT molecular complexity index is 198. The fraction of sp³-hybridized carbons (Fsp3) is 1.00. The molecule has 0 aromatic carbocycles. The van der Waals surface area contributed by atoms with Crippen molar-refractivity contribution >= 4 is 0 Å². The molecule has 0 aromatic heterocycles. The molecule has 0 aromatic rings. The number of ether oxygens (including phenoxy) is 1. The van der Waals surface area contributed by atoms with Gasteiger partial charge < -0.3 is 15.0 Å². The highest BCUT2D eigenvalue weighted by atomic mass is 16.5. The van der Waals surface area contributed by atoms with Gasteiger partial charge in [-0.15, -0.1) is 0 Å². The van der Waals surface area contributed by atoms with E-state index in [1.54, 1.807) is 0 Å². The summed E-state index contributed by atoms with van der Waals surface area (Å²) in [7, 11) is 2.21. The molecule has 2 heterocycles. The lowest BCUT2D eigenvalue weighted by Gasteiger charge is -2.48. The quantitative estimate of drug-likeness (QED) is 0.745. The molecule has 3 heteroatoms. The van der Waals surface area contributed by atoms with E-state index in [1.807, 2.05) is 0 Å². The van der Waals surface area contributed by atoms with E-state index in [-0.39, 0.29) is 5.60 Å². The van der Waals surface area contributed by atoms with Crippen LogP contribution >= 0.6 is 0 Å². The summed E-state index contributed by atoms with van der Waals surface area (Å²) >= 11 is 0. The van der Waals surface area contributed by atoms with E-state index < -0.39 is 0 Å². The zero-order valence-electron chi connectivity index (χ0n) is 10.1. The Morgan fingerprint density at radius 2 is 2.13 bits per heavy atom. The highest BCUT2D eigenvalue weighted by molar-refractivity contribution is 4.98. The highest BCUT2D eigenvalue weighted by Crippen LogP contribution is 2.33. The molecule has 0 bridgehead atoms. The Balaban J connectivity index is 2.01. The number of nitrogens with one attached hydrogen (secondary N) is 1. The molecule has 1 atom stereocenters. The number of hydrogen-bond donors (Lipinski definition) is 1. The first kappa shape index (κ1) is 11.4. The molecule has 0 saturated carbocycles. The highest BCUT2D eigenvalue weighted by Gasteiger charge is 2.43. The Morgan fingerprint density at radius 1 is 1.40 bits per heavy atom. The number of piperidine rings is 1. The molecule has 0 aliphatic carbocycles. The topological polar surface area (TPSA) is 24.5 Å². The molecule has 2 saturated heterocycles. The number of morpholine rings is 1. The molecular weight excluding hydrogens is 188 g/mol. The largest absolute Gasteiger partial charge is 0.372 e. The summed E-state index contributed by atoms with van der Waals surface area (Å²) in [6.07, 6.45) is 4.89. The van der Waals surface area contributed by atoms with Gasteiger partial charge in [0.2, 0.25) is 0 Å². The maximum absolute atomic E-state index is 6.13. The Kier molecular flexibility index (Phi) is 3.65. The second kappa shape index (κ2) is 4.81. The number of nitrogens with zero attached hydrogens (tertiary/aromatic N) is 1. The average molecular weight is 212 g/mol. The summed E-state index contributed by atoms with van der Waals surface area (Å²) in [6, 6.07) is 0.588. The van der Waals surface area contributed by atoms with Crippen LogP contribution in [0.25, 0.3) is 0 Å².